The van der Waals surface area contributed by atoms with E-state index in [1.165, 1.54) is 5.56 Å². The lowest BCUT2D eigenvalue weighted by Gasteiger charge is -2.12. The molecule has 0 saturated carbocycles. The zero-order valence-corrected chi connectivity index (χ0v) is 26.5. The minimum atomic E-state index is 0.700. The molecule has 0 aliphatic heterocycles. The number of hydrogen-bond donors (Lipinski definition) is 0. The highest BCUT2D eigenvalue weighted by Gasteiger charge is 2.18. The van der Waals surface area contributed by atoms with Crippen molar-refractivity contribution in [2.45, 2.75) is 0 Å². The molecular weight excluding hydrogens is 599 g/mol. The van der Waals surface area contributed by atoms with E-state index < -0.39 is 0 Å². The molecule has 0 spiro atoms. The van der Waals surface area contributed by atoms with E-state index >= 15 is 0 Å². The molecule has 49 heavy (non-hydrogen) atoms. The molecule has 0 saturated heterocycles. The molecule has 0 bridgehead atoms. The van der Waals surface area contributed by atoms with Crippen LogP contribution in [0.2, 0.25) is 0 Å². The number of pyridine rings is 1. The quantitative estimate of drug-likeness (QED) is 0.184. The number of hydrogen-bond acceptors (Lipinski definition) is 4. The standard InChI is InChI=1S/C45H29N3O/c1-4-12-30(13-5-1)35-25-26-41-38(28-35)43-37(18-10-20-42(43)49-41)44-36(19-11-27-46-44)31-21-23-33(24-22-31)40-29-39(32-14-6-2-7-15-32)47-45(48-40)34-16-8-3-9-17-34/h1-29H. The van der Waals surface area contributed by atoms with Crippen molar-refractivity contribution in [3.8, 4) is 67.4 Å². The van der Waals surface area contributed by atoms with E-state index in [4.69, 9.17) is 19.4 Å². The minimum absolute atomic E-state index is 0.700. The van der Waals surface area contributed by atoms with E-state index in [9.17, 15) is 0 Å². The van der Waals surface area contributed by atoms with Gasteiger partial charge in [0.2, 0.25) is 0 Å². The van der Waals surface area contributed by atoms with E-state index in [0.717, 1.165) is 78.0 Å². The summed E-state index contributed by atoms with van der Waals surface area (Å²) < 4.78 is 6.36. The van der Waals surface area contributed by atoms with Gasteiger partial charge in [0, 0.05) is 44.8 Å². The Labute approximate surface area is 284 Å². The summed E-state index contributed by atoms with van der Waals surface area (Å²) in [6, 6.07) is 58.3. The second-order valence-corrected chi connectivity index (χ2v) is 12.0. The second-order valence-electron chi connectivity index (χ2n) is 12.0. The second kappa shape index (κ2) is 12.2. The molecule has 230 valence electrons. The molecule has 0 atom stereocenters. The maximum Gasteiger partial charge on any atom is 0.160 e. The Morgan fingerprint density at radius 3 is 1.69 bits per heavy atom. The largest absolute Gasteiger partial charge is 0.456 e. The molecule has 4 heteroatoms. The van der Waals surface area contributed by atoms with Gasteiger partial charge in [-0.1, -0.05) is 140 Å². The van der Waals surface area contributed by atoms with Crippen LogP contribution in [-0.4, -0.2) is 15.0 Å². The lowest BCUT2D eigenvalue weighted by atomic mass is 9.94. The summed E-state index contributed by atoms with van der Waals surface area (Å²) in [5.74, 6) is 0.700. The van der Waals surface area contributed by atoms with Crippen molar-refractivity contribution < 1.29 is 4.42 Å². The van der Waals surface area contributed by atoms with Gasteiger partial charge in [0.25, 0.3) is 0 Å². The van der Waals surface area contributed by atoms with E-state index in [1.54, 1.807) is 0 Å². The van der Waals surface area contributed by atoms with Crippen LogP contribution in [0.3, 0.4) is 0 Å². The van der Waals surface area contributed by atoms with Crippen molar-refractivity contribution in [2.24, 2.45) is 0 Å². The molecule has 3 heterocycles. The Balaban J connectivity index is 1.14. The smallest absolute Gasteiger partial charge is 0.160 e. The van der Waals surface area contributed by atoms with Crippen molar-refractivity contribution in [3.05, 3.63) is 176 Å². The Kier molecular flexibility index (Phi) is 7.10. The van der Waals surface area contributed by atoms with E-state index in [2.05, 4.69) is 97.1 Å². The third-order valence-electron chi connectivity index (χ3n) is 8.98. The molecular formula is C45H29N3O. The first-order valence-electron chi connectivity index (χ1n) is 16.4. The van der Waals surface area contributed by atoms with Crippen LogP contribution in [0.25, 0.3) is 89.4 Å². The van der Waals surface area contributed by atoms with E-state index in [-0.39, 0.29) is 0 Å². The number of nitrogens with zero attached hydrogens (tertiary/aromatic N) is 3. The maximum absolute atomic E-state index is 6.36. The van der Waals surface area contributed by atoms with Gasteiger partial charge in [0.15, 0.2) is 5.82 Å². The number of rotatable bonds is 6. The molecule has 0 aliphatic rings. The molecule has 0 fully saturated rings. The van der Waals surface area contributed by atoms with Crippen LogP contribution in [0.5, 0.6) is 0 Å². The fraction of sp³-hybridized carbons (Fsp3) is 0. The van der Waals surface area contributed by atoms with Crippen LogP contribution in [0.1, 0.15) is 0 Å². The Morgan fingerprint density at radius 2 is 0.980 bits per heavy atom. The first-order valence-corrected chi connectivity index (χ1v) is 16.4. The third-order valence-corrected chi connectivity index (χ3v) is 8.98. The molecule has 4 nitrogen and oxygen atoms in total. The average Bonchev–Trinajstić information content (AvgIpc) is 3.57. The molecule has 0 radical (unpaired) electrons. The van der Waals surface area contributed by atoms with Crippen molar-refractivity contribution in [1.82, 2.24) is 15.0 Å². The summed E-state index contributed by atoms with van der Waals surface area (Å²) >= 11 is 0. The summed E-state index contributed by atoms with van der Waals surface area (Å²) in [6.07, 6.45) is 1.86. The summed E-state index contributed by atoms with van der Waals surface area (Å²) in [5, 5.41) is 2.14. The minimum Gasteiger partial charge on any atom is -0.456 e. The van der Waals surface area contributed by atoms with Gasteiger partial charge in [-0.15, -0.1) is 0 Å². The summed E-state index contributed by atoms with van der Waals surface area (Å²) in [5.41, 5.74) is 12.9. The number of aromatic nitrogens is 3. The third kappa shape index (κ3) is 5.35. The first-order chi connectivity index (χ1) is 24.3. The Hall–Kier alpha value is -6.65. The van der Waals surface area contributed by atoms with Gasteiger partial charge in [0.05, 0.1) is 17.1 Å². The summed E-state index contributed by atoms with van der Waals surface area (Å²) in [7, 11) is 0. The highest BCUT2D eigenvalue weighted by molar-refractivity contribution is 6.14. The fourth-order valence-electron chi connectivity index (χ4n) is 6.58. The van der Waals surface area contributed by atoms with Crippen LogP contribution < -0.4 is 0 Å². The van der Waals surface area contributed by atoms with Crippen LogP contribution in [0.4, 0.5) is 0 Å². The lowest BCUT2D eigenvalue weighted by Crippen LogP contribution is -1.96. The predicted molar refractivity (Wildman–Crippen MR) is 200 cm³/mol. The van der Waals surface area contributed by atoms with E-state index in [0.29, 0.717) is 5.82 Å². The number of furan rings is 1. The monoisotopic (exact) mass is 627 g/mol. The van der Waals surface area contributed by atoms with Crippen molar-refractivity contribution in [2.75, 3.05) is 0 Å². The Morgan fingerprint density at radius 1 is 0.388 bits per heavy atom. The van der Waals surface area contributed by atoms with Gasteiger partial charge < -0.3 is 4.42 Å². The topological polar surface area (TPSA) is 51.8 Å². The van der Waals surface area contributed by atoms with Gasteiger partial charge in [0.1, 0.15) is 11.2 Å². The molecule has 9 rings (SSSR count). The van der Waals surface area contributed by atoms with Gasteiger partial charge in [-0.25, -0.2) is 9.97 Å². The normalized spacial score (nSPS) is 11.3. The maximum atomic E-state index is 6.36. The highest BCUT2D eigenvalue weighted by Crippen LogP contribution is 2.41. The SMILES string of the molecule is c1ccc(-c2ccc3oc4cccc(-c5ncccc5-c5ccc(-c6cc(-c7ccccc7)nc(-c7ccccc7)n6)cc5)c4c3c2)cc1. The summed E-state index contributed by atoms with van der Waals surface area (Å²) in [4.78, 5) is 14.9. The Bertz CT molecular complexity index is 2520. The van der Waals surface area contributed by atoms with Gasteiger partial charge in [-0.3, -0.25) is 4.98 Å². The number of benzene rings is 6. The fourth-order valence-corrected chi connectivity index (χ4v) is 6.58. The van der Waals surface area contributed by atoms with E-state index in [1.807, 2.05) is 79.0 Å². The van der Waals surface area contributed by atoms with Crippen molar-refractivity contribution >= 4 is 21.9 Å². The predicted octanol–water partition coefficient (Wildman–Crippen LogP) is 11.8. The van der Waals surface area contributed by atoms with Gasteiger partial charge in [-0.05, 0) is 47.0 Å². The van der Waals surface area contributed by atoms with Crippen LogP contribution in [0.15, 0.2) is 180 Å². The van der Waals surface area contributed by atoms with Crippen LogP contribution in [-0.2, 0) is 0 Å². The van der Waals surface area contributed by atoms with Gasteiger partial charge >= 0.3 is 0 Å². The highest BCUT2D eigenvalue weighted by atomic mass is 16.3. The first kappa shape index (κ1) is 28.6. The molecule has 6 aromatic carbocycles. The van der Waals surface area contributed by atoms with Crippen molar-refractivity contribution in [1.29, 1.82) is 0 Å². The number of fused-ring (bicyclic) bond motifs is 3. The zero-order valence-electron chi connectivity index (χ0n) is 26.5. The molecule has 9 aromatic rings. The average molecular weight is 628 g/mol. The lowest BCUT2D eigenvalue weighted by molar-refractivity contribution is 0.669. The molecule has 0 aliphatic carbocycles. The van der Waals surface area contributed by atoms with Crippen LogP contribution in [0, 0.1) is 0 Å². The molecule has 0 amide bonds. The molecule has 0 unspecified atom stereocenters. The van der Waals surface area contributed by atoms with Gasteiger partial charge in [-0.2, -0.15) is 0 Å². The van der Waals surface area contributed by atoms with Crippen molar-refractivity contribution in [3.63, 3.8) is 0 Å². The molecule has 3 aromatic heterocycles. The molecule has 0 N–H and O–H groups in total. The summed E-state index contributed by atoms with van der Waals surface area (Å²) in [6.45, 7) is 0. The van der Waals surface area contributed by atoms with Crippen LogP contribution >= 0.6 is 0 Å². The zero-order chi connectivity index (χ0) is 32.6.